The summed E-state index contributed by atoms with van der Waals surface area (Å²) >= 11 is 0. The zero-order chi connectivity index (χ0) is 17.2. The first-order valence-corrected chi connectivity index (χ1v) is 9.03. The van der Waals surface area contributed by atoms with Crippen LogP contribution < -0.4 is 9.47 Å². The number of methoxy groups -OCH3 is 1. The fourth-order valence-corrected chi connectivity index (χ4v) is 4.36. The predicted octanol–water partition coefficient (Wildman–Crippen LogP) is 1.64. The number of ether oxygens (including phenoxy) is 2. The number of hydrogen-bond donors (Lipinski definition) is 0. The first-order chi connectivity index (χ1) is 11.5. The van der Waals surface area contributed by atoms with Gasteiger partial charge in [-0.3, -0.25) is 0 Å². The largest absolute Gasteiger partial charge is 0.495 e. The lowest BCUT2D eigenvalue weighted by Gasteiger charge is -2.18. The minimum atomic E-state index is -3.64. The molecular weight excluding hydrogens is 330 g/mol. The van der Waals surface area contributed by atoms with Crippen LogP contribution in [0, 0.1) is 6.92 Å². The molecule has 0 amide bonds. The van der Waals surface area contributed by atoms with Gasteiger partial charge in [-0.15, -0.1) is 0 Å². The predicted molar refractivity (Wildman–Crippen MR) is 87.6 cm³/mol. The van der Waals surface area contributed by atoms with E-state index in [0.717, 1.165) is 5.56 Å². The molecule has 1 aromatic heterocycles. The Bertz CT molecular complexity index is 811. The van der Waals surface area contributed by atoms with Crippen molar-refractivity contribution in [3.63, 3.8) is 0 Å². The summed E-state index contributed by atoms with van der Waals surface area (Å²) in [4.78, 5) is 8.19. The number of nitrogens with zero attached hydrogens (tertiary/aromatic N) is 3. The molecule has 0 bridgehead atoms. The van der Waals surface area contributed by atoms with Crippen LogP contribution in [-0.2, 0) is 10.0 Å². The summed E-state index contributed by atoms with van der Waals surface area (Å²) in [6, 6.07) is 7.07. The Morgan fingerprint density at radius 2 is 2.00 bits per heavy atom. The number of sulfonamides is 1. The van der Waals surface area contributed by atoms with Crippen molar-refractivity contribution < 1.29 is 17.9 Å². The van der Waals surface area contributed by atoms with Crippen molar-refractivity contribution in [3.05, 3.63) is 42.2 Å². The van der Waals surface area contributed by atoms with E-state index >= 15 is 0 Å². The van der Waals surface area contributed by atoms with Crippen LogP contribution in [0.1, 0.15) is 12.0 Å². The third-order valence-corrected chi connectivity index (χ3v) is 5.75. The van der Waals surface area contributed by atoms with Gasteiger partial charge in [0.2, 0.25) is 10.0 Å². The number of benzene rings is 1. The normalized spacial score (nSPS) is 18.5. The smallest absolute Gasteiger partial charge is 0.316 e. The highest BCUT2D eigenvalue weighted by molar-refractivity contribution is 7.89. The van der Waals surface area contributed by atoms with Crippen molar-refractivity contribution in [2.24, 2.45) is 0 Å². The molecule has 7 nitrogen and oxygen atoms in total. The van der Waals surface area contributed by atoms with E-state index in [1.165, 1.54) is 11.4 Å². The van der Waals surface area contributed by atoms with Crippen molar-refractivity contribution >= 4 is 10.0 Å². The molecule has 0 unspecified atom stereocenters. The van der Waals surface area contributed by atoms with Gasteiger partial charge in [-0.2, -0.15) is 4.31 Å². The fraction of sp³-hybridized carbons (Fsp3) is 0.375. The van der Waals surface area contributed by atoms with Crippen LogP contribution in [0.2, 0.25) is 0 Å². The van der Waals surface area contributed by atoms with Crippen molar-refractivity contribution in [2.45, 2.75) is 24.3 Å². The summed E-state index contributed by atoms with van der Waals surface area (Å²) in [5, 5.41) is 0. The average molecular weight is 349 g/mol. The summed E-state index contributed by atoms with van der Waals surface area (Å²) in [6.45, 7) is 2.50. The summed E-state index contributed by atoms with van der Waals surface area (Å²) in [6.07, 6.45) is 3.50. The highest BCUT2D eigenvalue weighted by Crippen LogP contribution is 2.30. The Morgan fingerprint density at radius 3 is 2.71 bits per heavy atom. The van der Waals surface area contributed by atoms with Crippen molar-refractivity contribution in [2.75, 3.05) is 20.2 Å². The average Bonchev–Trinajstić information content (AvgIpc) is 3.05. The molecule has 1 atom stereocenters. The number of rotatable bonds is 5. The fourth-order valence-electron chi connectivity index (χ4n) is 2.63. The maximum atomic E-state index is 12.9. The van der Waals surface area contributed by atoms with Crippen LogP contribution in [0.25, 0.3) is 0 Å². The highest BCUT2D eigenvalue weighted by Gasteiger charge is 2.35. The molecular formula is C16H19N3O4S. The van der Waals surface area contributed by atoms with E-state index < -0.39 is 10.0 Å². The van der Waals surface area contributed by atoms with Gasteiger partial charge < -0.3 is 9.47 Å². The molecule has 128 valence electrons. The van der Waals surface area contributed by atoms with Gasteiger partial charge in [-0.25, -0.2) is 18.4 Å². The molecule has 24 heavy (non-hydrogen) atoms. The minimum absolute atomic E-state index is 0.182. The van der Waals surface area contributed by atoms with Gasteiger partial charge >= 0.3 is 6.01 Å². The van der Waals surface area contributed by atoms with E-state index in [1.807, 2.05) is 13.0 Å². The molecule has 3 rings (SSSR count). The van der Waals surface area contributed by atoms with Gasteiger partial charge in [0, 0.05) is 18.9 Å². The zero-order valence-corrected chi connectivity index (χ0v) is 14.4. The van der Waals surface area contributed by atoms with Gasteiger partial charge in [-0.05, 0) is 37.1 Å². The SMILES string of the molecule is COc1ccc(C)cc1S(=O)(=O)N1CC[C@@H](Oc2ncccn2)C1. The number of aryl methyl sites for hydroxylation is 1. The van der Waals surface area contributed by atoms with Crippen LogP contribution in [0.4, 0.5) is 0 Å². The Hall–Kier alpha value is -2.19. The van der Waals surface area contributed by atoms with E-state index in [0.29, 0.717) is 18.7 Å². The van der Waals surface area contributed by atoms with Crippen molar-refractivity contribution in [1.29, 1.82) is 0 Å². The summed E-state index contributed by atoms with van der Waals surface area (Å²) < 4.78 is 38.1. The molecule has 1 saturated heterocycles. The second-order valence-electron chi connectivity index (χ2n) is 5.58. The molecule has 0 N–H and O–H groups in total. The highest BCUT2D eigenvalue weighted by atomic mass is 32.2. The molecule has 0 saturated carbocycles. The number of aromatic nitrogens is 2. The third kappa shape index (κ3) is 3.34. The quantitative estimate of drug-likeness (QED) is 0.816. The molecule has 0 radical (unpaired) electrons. The minimum Gasteiger partial charge on any atom is -0.495 e. The molecule has 1 aromatic carbocycles. The maximum Gasteiger partial charge on any atom is 0.316 e. The Morgan fingerprint density at radius 1 is 1.25 bits per heavy atom. The molecule has 1 aliphatic rings. The molecule has 1 aliphatic heterocycles. The molecule has 1 fully saturated rings. The van der Waals surface area contributed by atoms with Crippen LogP contribution in [0.3, 0.4) is 0 Å². The topological polar surface area (TPSA) is 81.6 Å². The second kappa shape index (κ2) is 6.74. The Kier molecular flexibility index (Phi) is 4.68. The molecule has 0 aliphatic carbocycles. The zero-order valence-electron chi connectivity index (χ0n) is 13.5. The van der Waals surface area contributed by atoms with Gasteiger partial charge in [0.1, 0.15) is 16.7 Å². The lowest BCUT2D eigenvalue weighted by Crippen LogP contribution is -2.31. The van der Waals surface area contributed by atoms with Gasteiger partial charge in [0.05, 0.1) is 13.7 Å². The van der Waals surface area contributed by atoms with Crippen molar-refractivity contribution in [1.82, 2.24) is 14.3 Å². The lowest BCUT2D eigenvalue weighted by atomic mass is 10.2. The molecule has 2 aromatic rings. The standard InChI is InChI=1S/C16H19N3O4S/c1-12-4-5-14(22-2)15(10-12)24(20,21)19-9-6-13(11-19)23-16-17-7-3-8-18-16/h3-5,7-8,10,13H,6,9,11H2,1-2H3/t13-/m1/s1. The van der Waals surface area contributed by atoms with Gasteiger partial charge in [0.25, 0.3) is 0 Å². The maximum absolute atomic E-state index is 12.9. The van der Waals surface area contributed by atoms with E-state index in [2.05, 4.69) is 9.97 Å². The van der Waals surface area contributed by atoms with Crippen LogP contribution >= 0.6 is 0 Å². The van der Waals surface area contributed by atoms with E-state index in [9.17, 15) is 8.42 Å². The second-order valence-corrected chi connectivity index (χ2v) is 7.48. The number of hydrogen-bond acceptors (Lipinski definition) is 6. The van der Waals surface area contributed by atoms with E-state index in [4.69, 9.17) is 9.47 Å². The summed E-state index contributed by atoms with van der Waals surface area (Å²) in [5.41, 5.74) is 0.860. The van der Waals surface area contributed by atoms with E-state index in [1.54, 1.807) is 30.6 Å². The van der Waals surface area contributed by atoms with E-state index in [-0.39, 0.29) is 23.6 Å². The Labute approximate surface area is 141 Å². The summed E-state index contributed by atoms with van der Waals surface area (Å²) in [5.74, 6) is 0.344. The monoisotopic (exact) mass is 349 g/mol. The van der Waals surface area contributed by atoms with Crippen LogP contribution in [0.5, 0.6) is 11.8 Å². The Balaban J connectivity index is 1.78. The van der Waals surface area contributed by atoms with Gasteiger partial charge in [0.15, 0.2) is 0 Å². The van der Waals surface area contributed by atoms with Crippen LogP contribution in [-0.4, -0.2) is 49.0 Å². The first kappa shape index (κ1) is 16.7. The third-order valence-electron chi connectivity index (χ3n) is 3.86. The molecule has 2 heterocycles. The van der Waals surface area contributed by atoms with Gasteiger partial charge in [-0.1, -0.05) is 6.07 Å². The van der Waals surface area contributed by atoms with Crippen LogP contribution in [0.15, 0.2) is 41.6 Å². The van der Waals surface area contributed by atoms with Crippen molar-refractivity contribution in [3.8, 4) is 11.8 Å². The molecule has 0 spiro atoms. The lowest BCUT2D eigenvalue weighted by molar-refractivity contribution is 0.197. The molecule has 8 heteroatoms. The summed E-state index contributed by atoms with van der Waals surface area (Å²) in [7, 11) is -2.18. The first-order valence-electron chi connectivity index (χ1n) is 7.59.